The van der Waals surface area contributed by atoms with Gasteiger partial charge in [0.05, 0.1) is 12.2 Å². The molecule has 1 aliphatic heterocycles. The van der Waals surface area contributed by atoms with Crippen molar-refractivity contribution in [1.29, 1.82) is 0 Å². The second kappa shape index (κ2) is 8.22. The minimum absolute atomic E-state index is 0.0379. The van der Waals surface area contributed by atoms with E-state index >= 15 is 0 Å². The van der Waals surface area contributed by atoms with Gasteiger partial charge in [0.1, 0.15) is 4.90 Å². The highest BCUT2D eigenvalue weighted by atomic mass is 32.2. The maximum absolute atomic E-state index is 12.0. The Balaban J connectivity index is 1.48. The normalized spacial score (nSPS) is 15.1. The van der Waals surface area contributed by atoms with Gasteiger partial charge in [-0.2, -0.15) is 8.42 Å². The molecule has 146 valence electrons. The highest BCUT2D eigenvalue weighted by Crippen LogP contribution is 2.26. The molecule has 2 amide bonds. The minimum Gasteiger partial charge on any atom is -0.477 e. The number of amides is 2. The van der Waals surface area contributed by atoms with Crippen molar-refractivity contribution in [3.8, 4) is 0 Å². The number of benzene rings is 2. The molecule has 0 bridgehead atoms. The van der Waals surface area contributed by atoms with E-state index in [-0.39, 0.29) is 23.4 Å². The predicted octanol–water partition coefficient (Wildman–Crippen LogP) is 1.69. The zero-order valence-electron chi connectivity index (χ0n) is 15.1. The van der Waals surface area contributed by atoms with Gasteiger partial charge >= 0.3 is 11.8 Å². The lowest BCUT2D eigenvalue weighted by Gasteiger charge is -2.14. The Morgan fingerprint density at radius 3 is 2.46 bits per heavy atom. The Morgan fingerprint density at radius 2 is 1.71 bits per heavy atom. The fourth-order valence-electron chi connectivity index (χ4n) is 2.58. The monoisotopic (exact) mass is 401 g/mol. The third-order valence-electron chi connectivity index (χ3n) is 4.00. The second-order valence-corrected chi connectivity index (χ2v) is 7.77. The summed E-state index contributed by atoms with van der Waals surface area (Å²) < 4.78 is 33.1. The van der Waals surface area contributed by atoms with Crippen molar-refractivity contribution in [1.82, 2.24) is 5.32 Å². The van der Waals surface area contributed by atoms with Crippen LogP contribution in [0.3, 0.4) is 0 Å². The van der Waals surface area contributed by atoms with Crippen LogP contribution >= 0.6 is 0 Å². The maximum atomic E-state index is 12.0. The Morgan fingerprint density at radius 1 is 1.04 bits per heavy atom. The number of anilines is 1. The van der Waals surface area contributed by atoms with E-state index in [2.05, 4.69) is 15.0 Å². The Bertz CT molecular complexity index is 1020. The lowest BCUT2D eigenvalue weighted by atomic mass is 10.2. The summed E-state index contributed by atoms with van der Waals surface area (Å²) in [6.07, 6.45) is 0.367. The zero-order valence-corrected chi connectivity index (χ0v) is 15.9. The van der Waals surface area contributed by atoms with E-state index in [4.69, 9.17) is 4.74 Å². The van der Waals surface area contributed by atoms with E-state index in [1.165, 1.54) is 6.07 Å². The molecule has 1 atom stereocenters. The summed E-state index contributed by atoms with van der Waals surface area (Å²) in [6.45, 7) is 1.85. The van der Waals surface area contributed by atoms with Gasteiger partial charge in [0, 0.05) is 18.2 Å². The molecule has 0 unspecified atom stereocenters. The van der Waals surface area contributed by atoms with Gasteiger partial charge < -0.3 is 15.4 Å². The first-order valence-corrected chi connectivity index (χ1v) is 10.0. The summed E-state index contributed by atoms with van der Waals surface area (Å²) in [4.78, 5) is 24.0. The van der Waals surface area contributed by atoms with Gasteiger partial charge in [-0.15, -0.1) is 4.40 Å². The number of ether oxygens (including phenoxy) is 1. The fourth-order valence-corrected chi connectivity index (χ4v) is 3.73. The Hall–Kier alpha value is -3.20. The molecule has 2 aromatic rings. The topological polar surface area (TPSA) is 114 Å². The number of carbonyl (C=O) groups is 2. The van der Waals surface area contributed by atoms with Crippen molar-refractivity contribution in [2.24, 2.45) is 4.40 Å². The van der Waals surface area contributed by atoms with Crippen LogP contribution in [0.2, 0.25) is 0 Å². The highest BCUT2D eigenvalue weighted by Gasteiger charge is 2.29. The van der Waals surface area contributed by atoms with Crippen LogP contribution in [-0.2, 0) is 24.3 Å². The van der Waals surface area contributed by atoms with Crippen LogP contribution in [0.25, 0.3) is 0 Å². The molecule has 0 fully saturated rings. The molecule has 0 radical (unpaired) electrons. The van der Waals surface area contributed by atoms with Gasteiger partial charge in [-0.25, -0.2) is 0 Å². The van der Waals surface area contributed by atoms with E-state index in [1.54, 1.807) is 55.5 Å². The smallest absolute Gasteiger partial charge is 0.313 e. The highest BCUT2D eigenvalue weighted by molar-refractivity contribution is 7.90. The quantitative estimate of drug-likeness (QED) is 0.740. The first-order valence-electron chi connectivity index (χ1n) is 8.61. The summed E-state index contributed by atoms with van der Waals surface area (Å²) in [5.41, 5.74) is 0.944. The molecule has 9 heteroatoms. The largest absolute Gasteiger partial charge is 0.477 e. The van der Waals surface area contributed by atoms with Crippen molar-refractivity contribution in [2.75, 3.05) is 11.9 Å². The molecule has 1 aliphatic rings. The van der Waals surface area contributed by atoms with E-state index in [0.717, 1.165) is 0 Å². The first-order chi connectivity index (χ1) is 13.4. The summed E-state index contributed by atoms with van der Waals surface area (Å²) in [6, 6.07) is 14.7. The number of nitrogens with zero attached hydrogens (tertiary/aromatic N) is 1. The average Bonchev–Trinajstić information content (AvgIpc) is 2.93. The van der Waals surface area contributed by atoms with Gasteiger partial charge in [-0.3, -0.25) is 9.59 Å². The minimum atomic E-state index is -3.73. The number of nitrogens with one attached hydrogen (secondary N) is 2. The summed E-state index contributed by atoms with van der Waals surface area (Å²) in [5, 5.41) is 5.07. The van der Waals surface area contributed by atoms with Crippen LogP contribution < -0.4 is 10.6 Å². The van der Waals surface area contributed by atoms with Gasteiger partial charge in [-0.1, -0.05) is 30.3 Å². The molecule has 2 aromatic carbocycles. The van der Waals surface area contributed by atoms with E-state index in [0.29, 0.717) is 17.7 Å². The van der Waals surface area contributed by atoms with Crippen LogP contribution in [0.15, 0.2) is 63.9 Å². The lowest BCUT2D eigenvalue weighted by Crippen LogP contribution is -2.41. The standard InChI is InChI=1S/C19H19N3O5S/c1-13(20-17(23)18(24)21-14-7-3-2-4-8-14)11-12-27-19-15-9-5-6-10-16(15)28(25,26)22-19/h2-10,13H,11-12H2,1H3,(H,20,23)(H,21,24)/t13-/m0/s1. The SMILES string of the molecule is C[C@@H](CCOC1=NS(=O)(=O)c2ccccc21)NC(=O)C(=O)Nc1ccccc1. The Kier molecular flexibility index (Phi) is 5.74. The molecule has 8 nitrogen and oxygen atoms in total. The zero-order chi connectivity index (χ0) is 20.1. The number of fused-ring (bicyclic) bond motifs is 1. The first kappa shape index (κ1) is 19.6. The fraction of sp³-hybridized carbons (Fsp3) is 0.211. The molecule has 2 N–H and O–H groups in total. The number of rotatable bonds is 5. The molecule has 0 saturated heterocycles. The molecule has 0 aliphatic carbocycles. The molecule has 1 heterocycles. The number of sulfonamides is 1. The van der Waals surface area contributed by atoms with Gasteiger partial charge in [0.15, 0.2) is 0 Å². The number of para-hydroxylation sites is 1. The third-order valence-corrected chi connectivity index (χ3v) is 5.32. The molecule has 0 saturated carbocycles. The summed E-state index contributed by atoms with van der Waals surface area (Å²) in [5.74, 6) is -1.49. The number of carbonyl (C=O) groups excluding carboxylic acids is 2. The van der Waals surface area contributed by atoms with Crippen LogP contribution in [0.4, 0.5) is 5.69 Å². The summed E-state index contributed by atoms with van der Waals surface area (Å²) >= 11 is 0. The molecule has 3 rings (SSSR count). The van der Waals surface area contributed by atoms with Crippen molar-refractivity contribution in [3.63, 3.8) is 0 Å². The van der Waals surface area contributed by atoms with Gasteiger partial charge in [-0.05, 0) is 31.2 Å². The van der Waals surface area contributed by atoms with Crippen molar-refractivity contribution in [3.05, 3.63) is 60.2 Å². The molecular weight excluding hydrogens is 382 g/mol. The molecule has 0 aromatic heterocycles. The van der Waals surface area contributed by atoms with Crippen molar-refractivity contribution in [2.45, 2.75) is 24.3 Å². The predicted molar refractivity (Wildman–Crippen MR) is 103 cm³/mol. The van der Waals surface area contributed by atoms with Crippen LogP contribution in [0.1, 0.15) is 18.9 Å². The summed E-state index contributed by atoms with van der Waals surface area (Å²) in [7, 11) is -3.73. The lowest BCUT2D eigenvalue weighted by molar-refractivity contribution is -0.136. The van der Waals surface area contributed by atoms with E-state index in [9.17, 15) is 18.0 Å². The molecule has 28 heavy (non-hydrogen) atoms. The second-order valence-electron chi connectivity index (χ2n) is 6.20. The molecular formula is C19H19N3O5S. The number of hydrogen-bond donors (Lipinski definition) is 2. The average molecular weight is 401 g/mol. The third kappa shape index (κ3) is 4.55. The van der Waals surface area contributed by atoms with Crippen LogP contribution in [0, 0.1) is 0 Å². The van der Waals surface area contributed by atoms with Gasteiger partial charge in [0.2, 0.25) is 5.90 Å². The maximum Gasteiger partial charge on any atom is 0.313 e. The van der Waals surface area contributed by atoms with Crippen LogP contribution in [-0.4, -0.2) is 38.8 Å². The van der Waals surface area contributed by atoms with Gasteiger partial charge in [0.25, 0.3) is 10.0 Å². The van der Waals surface area contributed by atoms with Crippen molar-refractivity contribution >= 4 is 33.4 Å². The van der Waals surface area contributed by atoms with Crippen LogP contribution in [0.5, 0.6) is 0 Å². The van der Waals surface area contributed by atoms with Crippen molar-refractivity contribution < 1.29 is 22.7 Å². The molecule has 0 spiro atoms. The number of hydrogen-bond acceptors (Lipinski definition) is 5. The van der Waals surface area contributed by atoms with E-state index in [1.807, 2.05) is 0 Å². The Labute approximate surface area is 162 Å². The van der Waals surface area contributed by atoms with E-state index < -0.39 is 21.8 Å².